The Balaban J connectivity index is 1.66. The summed E-state index contributed by atoms with van der Waals surface area (Å²) in [5, 5.41) is 2.82. The summed E-state index contributed by atoms with van der Waals surface area (Å²) in [7, 11) is -2.14. The number of carbonyl (C=O) groups excluding carboxylic acids is 3. The molecule has 1 N–H and O–H groups in total. The third-order valence-electron chi connectivity index (χ3n) is 8.14. The summed E-state index contributed by atoms with van der Waals surface area (Å²) in [5.41, 5.74) is 0.844. The van der Waals surface area contributed by atoms with Crippen molar-refractivity contribution < 1.29 is 32.3 Å². The number of unbranched alkanes of at least 4 members (excludes halogenated alkanes) is 6. The number of amides is 3. The zero-order valence-corrected chi connectivity index (χ0v) is 28.2. The molecule has 11 heteroatoms. The SMILES string of the molecule is CCOc1cc([C@@H](CS(C)(=O)=O)N2C(=O)c3cccc(NC(=O)CCCCCCCCCN(CC)CC)c3C2=O)ccc1OC. The molecule has 0 aromatic heterocycles. The first-order valence-corrected chi connectivity index (χ1v) is 18.1. The first-order valence-electron chi connectivity index (χ1n) is 16.1. The quantitative estimate of drug-likeness (QED) is 0.140. The number of hydrogen-bond donors (Lipinski definition) is 1. The van der Waals surface area contributed by atoms with Crippen molar-refractivity contribution in [3.8, 4) is 11.5 Å². The molecule has 2 aromatic rings. The van der Waals surface area contributed by atoms with E-state index < -0.39 is 33.4 Å². The Kier molecular flexibility index (Phi) is 13.9. The zero-order valence-electron chi connectivity index (χ0n) is 27.4. The topological polar surface area (TPSA) is 122 Å². The summed E-state index contributed by atoms with van der Waals surface area (Å²) in [6.07, 6.45) is 8.89. The van der Waals surface area contributed by atoms with E-state index in [9.17, 15) is 22.8 Å². The number of anilines is 1. The van der Waals surface area contributed by atoms with Crippen LogP contribution in [0, 0.1) is 0 Å². The maximum absolute atomic E-state index is 13.8. The van der Waals surface area contributed by atoms with E-state index in [1.54, 1.807) is 37.3 Å². The van der Waals surface area contributed by atoms with Crippen LogP contribution in [-0.4, -0.2) is 81.3 Å². The molecule has 0 aliphatic carbocycles. The number of imide groups is 1. The number of methoxy groups -OCH3 is 1. The minimum Gasteiger partial charge on any atom is -0.493 e. The van der Waals surface area contributed by atoms with Crippen molar-refractivity contribution in [3.63, 3.8) is 0 Å². The highest BCUT2D eigenvalue weighted by atomic mass is 32.2. The number of benzene rings is 2. The molecule has 2 aromatic carbocycles. The summed E-state index contributed by atoms with van der Waals surface area (Å²) in [6.45, 7) is 9.86. The Hall–Kier alpha value is -3.44. The molecule has 10 nitrogen and oxygen atoms in total. The van der Waals surface area contributed by atoms with Gasteiger partial charge in [-0.1, -0.05) is 58.1 Å². The predicted octanol–water partition coefficient (Wildman–Crippen LogP) is 5.88. The van der Waals surface area contributed by atoms with Gasteiger partial charge < -0.3 is 19.7 Å². The zero-order chi connectivity index (χ0) is 33.0. The van der Waals surface area contributed by atoms with Crippen molar-refractivity contribution >= 4 is 33.2 Å². The molecule has 0 fully saturated rings. The molecular formula is C34H49N3O7S. The summed E-state index contributed by atoms with van der Waals surface area (Å²) in [6, 6.07) is 8.44. The highest BCUT2D eigenvalue weighted by molar-refractivity contribution is 7.90. The van der Waals surface area contributed by atoms with Crippen LogP contribution in [0.2, 0.25) is 0 Å². The molecule has 1 atom stereocenters. The number of nitrogens with zero attached hydrogens (tertiary/aromatic N) is 2. The first-order chi connectivity index (χ1) is 21.5. The number of rotatable bonds is 20. The van der Waals surface area contributed by atoms with Gasteiger partial charge in [-0.3, -0.25) is 19.3 Å². The fourth-order valence-electron chi connectivity index (χ4n) is 5.72. The van der Waals surface area contributed by atoms with E-state index in [1.165, 1.54) is 32.4 Å². The molecule has 0 bridgehead atoms. The van der Waals surface area contributed by atoms with Crippen molar-refractivity contribution in [1.29, 1.82) is 0 Å². The van der Waals surface area contributed by atoms with E-state index in [4.69, 9.17) is 9.47 Å². The number of fused-ring (bicyclic) bond motifs is 1. The Morgan fingerprint density at radius 1 is 0.911 bits per heavy atom. The standard InChI is InChI=1S/C34H49N3O7S/c1-6-36(7-2)22-15-13-11-9-10-12-14-19-31(38)35-27-18-16-17-26-32(27)34(40)37(33(26)39)28(24-45(5,41)42)25-20-21-29(43-4)30(23-25)44-8-3/h16-18,20-21,23,28H,6-15,19,22,24H2,1-5H3,(H,35,38)/t28-/m1/s1. The largest absolute Gasteiger partial charge is 0.493 e. The number of ether oxygens (including phenoxy) is 2. The van der Waals surface area contributed by atoms with Gasteiger partial charge in [-0.05, 0) is 69.2 Å². The van der Waals surface area contributed by atoms with Crippen LogP contribution in [0.3, 0.4) is 0 Å². The van der Waals surface area contributed by atoms with E-state index in [2.05, 4.69) is 24.1 Å². The molecule has 3 rings (SSSR count). The van der Waals surface area contributed by atoms with Crippen LogP contribution < -0.4 is 14.8 Å². The molecule has 45 heavy (non-hydrogen) atoms. The van der Waals surface area contributed by atoms with E-state index >= 15 is 0 Å². The van der Waals surface area contributed by atoms with Crippen molar-refractivity contribution in [2.24, 2.45) is 0 Å². The van der Waals surface area contributed by atoms with Gasteiger partial charge in [-0.25, -0.2) is 8.42 Å². The van der Waals surface area contributed by atoms with Crippen molar-refractivity contribution in [3.05, 3.63) is 53.1 Å². The second-order valence-electron chi connectivity index (χ2n) is 11.5. The van der Waals surface area contributed by atoms with Gasteiger partial charge in [0.1, 0.15) is 9.84 Å². The van der Waals surface area contributed by atoms with Crippen LogP contribution in [0.4, 0.5) is 5.69 Å². The lowest BCUT2D eigenvalue weighted by molar-refractivity contribution is -0.116. The Labute approximate surface area is 268 Å². The Morgan fingerprint density at radius 3 is 2.20 bits per heavy atom. The molecule has 0 radical (unpaired) electrons. The molecule has 1 aliphatic heterocycles. The molecule has 0 spiro atoms. The van der Waals surface area contributed by atoms with Gasteiger partial charge in [0.2, 0.25) is 5.91 Å². The van der Waals surface area contributed by atoms with Crippen LogP contribution in [0.25, 0.3) is 0 Å². The fraction of sp³-hybridized carbons (Fsp3) is 0.559. The number of hydrogen-bond acceptors (Lipinski definition) is 8. The van der Waals surface area contributed by atoms with E-state index in [-0.39, 0.29) is 22.7 Å². The maximum Gasteiger partial charge on any atom is 0.264 e. The highest BCUT2D eigenvalue weighted by Crippen LogP contribution is 2.38. The Morgan fingerprint density at radius 2 is 1.58 bits per heavy atom. The lowest BCUT2D eigenvalue weighted by Crippen LogP contribution is -2.37. The normalized spacial score (nSPS) is 13.7. The van der Waals surface area contributed by atoms with Gasteiger partial charge >= 0.3 is 0 Å². The second kappa shape index (κ2) is 17.3. The molecule has 3 amide bonds. The van der Waals surface area contributed by atoms with E-state index in [1.807, 2.05) is 0 Å². The maximum atomic E-state index is 13.8. The average Bonchev–Trinajstić information content (AvgIpc) is 3.26. The van der Waals surface area contributed by atoms with Gasteiger partial charge in [-0.2, -0.15) is 0 Å². The van der Waals surface area contributed by atoms with Gasteiger partial charge in [0.15, 0.2) is 11.5 Å². The lowest BCUT2D eigenvalue weighted by Gasteiger charge is -2.27. The molecule has 248 valence electrons. The van der Waals surface area contributed by atoms with Crippen LogP contribution >= 0.6 is 0 Å². The smallest absolute Gasteiger partial charge is 0.264 e. The molecule has 0 saturated carbocycles. The lowest BCUT2D eigenvalue weighted by atomic mass is 10.1. The second-order valence-corrected chi connectivity index (χ2v) is 13.6. The molecule has 1 aliphatic rings. The van der Waals surface area contributed by atoms with Crippen LogP contribution in [-0.2, 0) is 14.6 Å². The van der Waals surface area contributed by atoms with Gasteiger partial charge in [0, 0.05) is 12.7 Å². The molecule has 1 heterocycles. The predicted molar refractivity (Wildman–Crippen MR) is 177 cm³/mol. The van der Waals surface area contributed by atoms with E-state index in [0.29, 0.717) is 30.1 Å². The minimum absolute atomic E-state index is 0.0672. The van der Waals surface area contributed by atoms with Crippen molar-refractivity contribution in [2.75, 3.05) is 50.7 Å². The summed E-state index contributed by atoms with van der Waals surface area (Å²) in [5.74, 6) is -1.17. The molecular weight excluding hydrogens is 594 g/mol. The first kappa shape index (κ1) is 36.0. The van der Waals surface area contributed by atoms with Gasteiger partial charge in [0.25, 0.3) is 11.8 Å². The van der Waals surface area contributed by atoms with Crippen LogP contribution in [0.5, 0.6) is 11.5 Å². The van der Waals surface area contributed by atoms with Gasteiger partial charge in [-0.15, -0.1) is 0 Å². The van der Waals surface area contributed by atoms with Gasteiger partial charge in [0.05, 0.1) is 42.3 Å². The summed E-state index contributed by atoms with van der Waals surface area (Å²) in [4.78, 5) is 43.7. The van der Waals surface area contributed by atoms with Crippen molar-refractivity contribution in [1.82, 2.24) is 9.80 Å². The molecule has 0 unspecified atom stereocenters. The third kappa shape index (κ3) is 10.0. The average molecular weight is 644 g/mol. The number of nitrogens with one attached hydrogen (secondary N) is 1. The van der Waals surface area contributed by atoms with E-state index in [0.717, 1.165) is 56.5 Å². The fourth-order valence-corrected chi connectivity index (χ4v) is 6.64. The Bertz CT molecular complexity index is 1420. The summed E-state index contributed by atoms with van der Waals surface area (Å²) < 4.78 is 36.0. The van der Waals surface area contributed by atoms with Crippen LogP contribution in [0.15, 0.2) is 36.4 Å². The molecule has 0 saturated heterocycles. The van der Waals surface area contributed by atoms with Crippen LogP contribution in [0.1, 0.15) is 104 Å². The summed E-state index contributed by atoms with van der Waals surface area (Å²) >= 11 is 0. The number of carbonyl (C=O) groups is 3. The van der Waals surface area contributed by atoms with Crippen molar-refractivity contribution in [2.45, 2.75) is 78.2 Å². The number of sulfone groups is 1. The minimum atomic E-state index is -3.63. The monoisotopic (exact) mass is 643 g/mol. The third-order valence-corrected chi connectivity index (χ3v) is 9.06. The highest BCUT2D eigenvalue weighted by Gasteiger charge is 2.43.